The first kappa shape index (κ1) is 11.8. The second kappa shape index (κ2) is 5.11. The van der Waals surface area contributed by atoms with E-state index in [1.165, 1.54) is 5.56 Å². The summed E-state index contributed by atoms with van der Waals surface area (Å²) in [6.07, 6.45) is 2.07. The Balaban J connectivity index is 2.33. The van der Waals surface area contributed by atoms with E-state index in [1.807, 2.05) is 37.3 Å². The summed E-state index contributed by atoms with van der Waals surface area (Å²) >= 11 is 0. The van der Waals surface area contributed by atoms with Crippen molar-refractivity contribution in [1.29, 1.82) is 0 Å². The van der Waals surface area contributed by atoms with Crippen LogP contribution in [-0.4, -0.2) is 10.1 Å². The molecule has 0 spiro atoms. The molecule has 2 nitrogen and oxygen atoms in total. The highest BCUT2D eigenvalue weighted by Gasteiger charge is 2.11. The lowest BCUT2D eigenvalue weighted by Gasteiger charge is -2.12. The average Bonchev–Trinajstić information content (AvgIpc) is 2.38. The molecule has 2 heteroatoms. The Labute approximate surface area is 102 Å². The van der Waals surface area contributed by atoms with Gasteiger partial charge in [0.15, 0.2) is 0 Å². The summed E-state index contributed by atoms with van der Waals surface area (Å²) < 4.78 is 0. The van der Waals surface area contributed by atoms with Gasteiger partial charge in [-0.25, -0.2) is 0 Å². The smallest absolute Gasteiger partial charge is 0.121 e. The summed E-state index contributed by atoms with van der Waals surface area (Å²) in [6, 6.07) is 11.9. The van der Waals surface area contributed by atoms with Gasteiger partial charge in [0.25, 0.3) is 0 Å². The molecule has 1 unspecified atom stereocenters. The van der Waals surface area contributed by atoms with Crippen LogP contribution in [0, 0.1) is 6.92 Å². The van der Waals surface area contributed by atoms with Crippen molar-refractivity contribution in [3.8, 4) is 0 Å². The number of aliphatic hydroxyl groups excluding tert-OH is 1. The van der Waals surface area contributed by atoms with Crippen LogP contribution in [0.5, 0.6) is 0 Å². The van der Waals surface area contributed by atoms with Crippen LogP contribution in [0.1, 0.15) is 35.4 Å². The lowest BCUT2D eigenvalue weighted by atomic mass is 10.0. The lowest BCUT2D eigenvalue weighted by molar-refractivity contribution is 0.215. The molecular formula is C15H17NO. The number of hydrogen-bond acceptors (Lipinski definition) is 2. The van der Waals surface area contributed by atoms with Gasteiger partial charge in [-0.2, -0.15) is 0 Å². The molecular weight excluding hydrogens is 210 g/mol. The highest BCUT2D eigenvalue weighted by Crippen LogP contribution is 2.21. The van der Waals surface area contributed by atoms with Crippen molar-refractivity contribution >= 4 is 0 Å². The zero-order chi connectivity index (χ0) is 12.3. The molecule has 1 heterocycles. The summed E-state index contributed by atoms with van der Waals surface area (Å²) in [5.74, 6) is 0. The summed E-state index contributed by atoms with van der Waals surface area (Å²) in [7, 11) is 0. The molecule has 0 aliphatic heterocycles. The van der Waals surface area contributed by atoms with Gasteiger partial charge in [-0.05, 0) is 42.2 Å². The third kappa shape index (κ3) is 2.71. The number of nitrogens with zero attached hydrogens (tertiary/aromatic N) is 1. The minimum atomic E-state index is -0.638. The van der Waals surface area contributed by atoms with Gasteiger partial charge in [0.1, 0.15) is 6.10 Å². The zero-order valence-corrected chi connectivity index (χ0v) is 10.2. The maximum Gasteiger partial charge on any atom is 0.121 e. The Morgan fingerprint density at radius 3 is 2.76 bits per heavy atom. The second-order valence-corrected chi connectivity index (χ2v) is 4.26. The Hall–Kier alpha value is -1.67. The number of benzene rings is 1. The van der Waals surface area contributed by atoms with E-state index in [2.05, 4.69) is 18.0 Å². The van der Waals surface area contributed by atoms with E-state index in [-0.39, 0.29) is 0 Å². The monoisotopic (exact) mass is 227 g/mol. The summed E-state index contributed by atoms with van der Waals surface area (Å²) in [5.41, 5.74) is 3.95. The predicted octanol–water partition coefficient (Wildman–Crippen LogP) is 3.03. The fraction of sp³-hybridized carbons (Fsp3) is 0.267. The van der Waals surface area contributed by atoms with E-state index >= 15 is 0 Å². The van der Waals surface area contributed by atoms with Gasteiger partial charge in [-0.15, -0.1) is 0 Å². The number of aryl methyl sites for hydroxylation is 2. The molecule has 0 bridgehead atoms. The molecule has 0 radical (unpaired) electrons. The molecule has 1 aromatic carbocycles. The van der Waals surface area contributed by atoms with E-state index in [1.54, 1.807) is 6.20 Å². The molecule has 88 valence electrons. The van der Waals surface area contributed by atoms with Crippen LogP contribution < -0.4 is 0 Å². The maximum absolute atomic E-state index is 10.3. The van der Waals surface area contributed by atoms with E-state index in [0.717, 1.165) is 17.5 Å². The first-order valence-corrected chi connectivity index (χ1v) is 5.90. The van der Waals surface area contributed by atoms with Crippen LogP contribution in [0.4, 0.5) is 0 Å². The van der Waals surface area contributed by atoms with Crippen LogP contribution in [0.2, 0.25) is 0 Å². The van der Waals surface area contributed by atoms with Crippen molar-refractivity contribution in [2.24, 2.45) is 0 Å². The number of pyridine rings is 1. The fourth-order valence-electron chi connectivity index (χ4n) is 1.86. The average molecular weight is 227 g/mol. The van der Waals surface area contributed by atoms with Gasteiger partial charge in [0.2, 0.25) is 0 Å². The first-order valence-electron chi connectivity index (χ1n) is 5.90. The van der Waals surface area contributed by atoms with Crippen molar-refractivity contribution in [2.45, 2.75) is 26.4 Å². The lowest BCUT2D eigenvalue weighted by Crippen LogP contribution is -2.03. The number of hydrogen-bond donors (Lipinski definition) is 1. The van der Waals surface area contributed by atoms with Crippen molar-refractivity contribution in [3.63, 3.8) is 0 Å². The normalized spacial score (nSPS) is 12.4. The molecule has 0 amide bonds. The highest BCUT2D eigenvalue weighted by molar-refractivity contribution is 5.31. The van der Waals surface area contributed by atoms with Gasteiger partial charge in [0, 0.05) is 6.20 Å². The Morgan fingerprint density at radius 2 is 2.06 bits per heavy atom. The summed E-state index contributed by atoms with van der Waals surface area (Å²) in [6.45, 7) is 4.11. The molecule has 1 aromatic heterocycles. The van der Waals surface area contributed by atoms with Crippen LogP contribution >= 0.6 is 0 Å². The largest absolute Gasteiger partial charge is 0.382 e. The van der Waals surface area contributed by atoms with Gasteiger partial charge in [0.05, 0.1) is 5.69 Å². The summed E-state index contributed by atoms with van der Waals surface area (Å²) in [5, 5.41) is 10.3. The molecule has 0 aliphatic carbocycles. The minimum Gasteiger partial charge on any atom is -0.382 e. The van der Waals surface area contributed by atoms with Crippen molar-refractivity contribution in [1.82, 2.24) is 4.98 Å². The standard InChI is InChI=1S/C15H17NO/c1-3-12-5-4-6-13(10-12)15(17)14-9-11(2)7-8-16-14/h4-10,15,17H,3H2,1-2H3. The van der Waals surface area contributed by atoms with Crippen LogP contribution in [0.3, 0.4) is 0 Å². The van der Waals surface area contributed by atoms with E-state index in [0.29, 0.717) is 5.69 Å². The van der Waals surface area contributed by atoms with Gasteiger partial charge < -0.3 is 5.11 Å². The van der Waals surface area contributed by atoms with Crippen molar-refractivity contribution in [3.05, 3.63) is 65.0 Å². The first-order chi connectivity index (χ1) is 8.20. The highest BCUT2D eigenvalue weighted by atomic mass is 16.3. The second-order valence-electron chi connectivity index (χ2n) is 4.26. The van der Waals surface area contributed by atoms with Crippen LogP contribution in [0.15, 0.2) is 42.6 Å². The molecule has 1 atom stereocenters. The third-order valence-corrected chi connectivity index (χ3v) is 2.89. The van der Waals surface area contributed by atoms with E-state index < -0.39 is 6.10 Å². The van der Waals surface area contributed by atoms with Gasteiger partial charge in [-0.1, -0.05) is 31.2 Å². The summed E-state index contributed by atoms with van der Waals surface area (Å²) in [4.78, 5) is 4.22. The Kier molecular flexibility index (Phi) is 3.55. The Bertz CT molecular complexity index is 508. The molecule has 0 aliphatic rings. The molecule has 0 saturated heterocycles. The molecule has 1 N–H and O–H groups in total. The minimum absolute atomic E-state index is 0.638. The molecule has 2 aromatic rings. The molecule has 0 saturated carbocycles. The SMILES string of the molecule is CCc1cccc(C(O)c2cc(C)ccn2)c1. The predicted molar refractivity (Wildman–Crippen MR) is 68.9 cm³/mol. The van der Waals surface area contributed by atoms with Gasteiger partial charge >= 0.3 is 0 Å². The molecule has 17 heavy (non-hydrogen) atoms. The maximum atomic E-state index is 10.3. The zero-order valence-electron chi connectivity index (χ0n) is 10.2. The fourth-order valence-corrected chi connectivity index (χ4v) is 1.86. The Morgan fingerprint density at radius 1 is 1.24 bits per heavy atom. The van der Waals surface area contributed by atoms with Gasteiger partial charge in [-0.3, -0.25) is 4.98 Å². The van der Waals surface area contributed by atoms with Crippen LogP contribution in [-0.2, 0) is 6.42 Å². The number of aromatic nitrogens is 1. The number of aliphatic hydroxyl groups is 1. The van der Waals surface area contributed by atoms with Crippen molar-refractivity contribution in [2.75, 3.05) is 0 Å². The van der Waals surface area contributed by atoms with Crippen LogP contribution in [0.25, 0.3) is 0 Å². The third-order valence-electron chi connectivity index (χ3n) is 2.89. The van der Waals surface area contributed by atoms with Crippen molar-refractivity contribution < 1.29 is 5.11 Å². The van der Waals surface area contributed by atoms with E-state index in [4.69, 9.17) is 0 Å². The molecule has 0 fully saturated rings. The van der Waals surface area contributed by atoms with E-state index in [9.17, 15) is 5.11 Å². The topological polar surface area (TPSA) is 33.1 Å². The quantitative estimate of drug-likeness (QED) is 0.874. The number of rotatable bonds is 3. The molecule has 2 rings (SSSR count).